The van der Waals surface area contributed by atoms with E-state index in [9.17, 15) is 0 Å². The molecule has 116 valence electrons. The molecule has 22 heavy (non-hydrogen) atoms. The molecule has 0 amide bonds. The SMILES string of the molecule is Nc1nccc(-c2ccc(NCCN3CCCCC3)nc2)n1. The topological polar surface area (TPSA) is 80.0 Å². The molecule has 6 nitrogen and oxygen atoms in total. The molecule has 6 heteroatoms. The Balaban J connectivity index is 1.53. The van der Waals surface area contributed by atoms with Crippen molar-refractivity contribution in [1.29, 1.82) is 0 Å². The summed E-state index contributed by atoms with van der Waals surface area (Å²) in [6.45, 7) is 4.45. The average Bonchev–Trinajstić information content (AvgIpc) is 2.56. The van der Waals surface area contributed by atoms with Crippen LogP contribution in [0.4, 0.5) is 11.8 Å². The summed E-state index contributed by atoms with van der Waals surface area (Å²) in [7, 11) is 0. The molecule has 0 spiro atoms. The third-order valence-corrected chi connectivity index (χ3v) is 3.92. The number of nitrogen functional groups attached to an aromatic ring is 1. The van der Waals surface area contributed by atoms with Gasteiger partial charge in [0, 0.05) is 31.0 Å². The fourth-order valence-electron chi connectivity index (χ4n) is 2.71. The number of piperidine rings is 1. The minimum Gasteiger partial charge on any atom is -0.369 e. The first-order valence-corrected chi connectivity index (χ1v) is 7.82. The molecule has 0 radical (unpaired) electrons. The molecule has 0 unspecified atom stereocenters. The highest BCUT2D eigenvalue weighted by molar-refractivity contribution is 5.60. The summed E-state index contributed by atoms with van der Waals surface area (Å²) in [5.74, 6) is 1.17. The predicted molar refractivity (Wildman–Crippen MR) is 88.5 cm³/mol. The molecule has 0 aromatic carbocycles. The predicted octanol–water partition coefficient (Wildman–Crippen LogP) is 2.02. The molecular formula is C16H22N6. The molecule has 2 aromatic rings. The van der Waals surface area contributed by atoms with E-state index in [0.717, 1.165) is 30.2 Å². The summed E-state index contributed by atoms with van der Waals surface area (Å²) >= 11 is 0. The van der Waals surface area contributed by atoms with Gasteiger partial charge in [-0.2, -0.15) is 0 Å². The average molecular weight is 298 g/mol. The van der Waals surface area contributed by atoms with Crippen molar-refractivity contribution >= 4 is 11.8 Å². The lowest BCUT2D eigenvalue weighted by atomic mass is 10.1. The largest absolute Gasteiger partial charge is 0.369 e. The van der Waals surface area contributed by atoms with Gasteiger partial charge in [0.25, 0.3) is 0 Å². The van der Waals surface area contributed by atoms with Gasteiger partial charge in [0.1, 0.15) is 5.82 Å². The molecular weight excluding hydrogens is 276 g/mol. The lowest BCUT2D eigenvalue weighted by Gasteiger charge is -2.26. The number of hydrogen-bond donors (Lipinski definition) is 2. The summed E-state index contributed by atoms with van der Waals surface area (Å²) < 4.78 is 0. The van der Waals surface area contributed by atoms with E-state index >= 15 is 0 Å². The van der Waals surface area contributed by atoms with E-state index in [-0.39, 0.29) is 5.95 Å². The van der Waals surface area contributed by atoms with Crippen LogP contribution in [0.3, 0.4) is 0 Å². The van der Waals surface area contributed by atoms with Crippen LogP contribution in [0.25, 0.3) is 11.3 Å². The van der Waals surface area contributed by atoms with Crippen LogP contribution in [0, 0.1) is 0 Å². The van der Waals surface area contributed by atoms with Gasteiger partial charge in [-0.05, 0) is 44.1 Å². The van der Waals surface area contributed by atoms with Crippen molar-refractivity contribution in [3.63, 3.8) is 0 Å². The Kier molecular flexibility index (Phi) is 4.80. The summed E-state index contributed by atoms with van der Waals surface area (Å²) in [6, 6.07) is 5.80. The highest BCUT2D eigenvalue weighted by Crippen LogP contribution is 2.17. The molecule has 1 aliphatic heterocycles. The van der Waals surface area contributed by atoms with Crippen LogP contribution < -0.4 is 11.1 Å². The van der Waals surface area contributed by atoms with Crippen LogP contribution in [-0.2, 0) is 0 Å². The van der Waals surface area contributed by atoms with E-state index in [0.29, 0.717) is 0 Å². The fraction of sp³-hybridized carbons (Fsp3) is 0.438. The molecule has 0 bridgehead atoms. The number of pyridine rings is 1. The lowest BCUT2D eigenvalue weighted by molar-refractivity contribution is 0.237. The van der Waals surface area contributed by atoms with E-state index in [1.807, 2.05) is 24.4 Å². The van der Waals surface area contributed by atoms with E-state index in [1.165, 1.54) is 32.4 Å². The van der Waals surface area contributed by atoms with Gasteiger partial charge in [0.15, 0.2) is 0 Å². The smallest absolute Gasteiger partial charge is 0.220 e. The maximum Gasteiger partial charge on any atom is 0.220 e. The lowest BCUT2D eigenvalue weighted by Crippen LogP contribution is -2.33. The molecule has 2 aromatic heterocycles. The molecule has 3 heterocycles. The molecule has 0 saturated carbocycles. The van der Waals surface area contributed by atoms with Crippen molar-refractivity contribution in [3.05, 3.63) is 30.6 Å². The quantitative estimate of drug-likeness (QED) is 0.879. The van der Waals surface area contributed by atoms with Crippen LogP contribution in [0.2, 0.25) is 0 Å². The Morgan fingerprint density at radius 2 is 1.95 bits per heavy atom. The summed E-state index contributed by atoms with van der Waals surface area (Å²) in [6.07, 6.45) is 7.50. The van der Waals surface area contributed by atoms with Crippen LogP contribution in [0.15, 0.2) is 30.6 Å². The first-order chi connectivity index (χ1) is 10.8. The third-order valence-electron chi connectivity index (χ3n) is 3.92. The number of nitrogens with two attached hydrogens (primary N) is 1. The van der Waals surface area contributed by atoms with Gasteiger partial charge in [0.05, 0.1) is 5.69 Å². The van der Waals surface area contributed by atoms with E-state index < -0.39 is 0 Å². The Morgan fingerprint density at radius 3 is 2.68 bits per heavy atom. The van der Waals surface area contributed by atoms with E-state index in [4.69, 9.17) is 5.73 Å². The van der Waals surface area contributed by atoms with Gasteiger partial charge < -0.3 is 16.0 Å². The first-order valence-electron chi connectivity index (χ1n) is 7.82. The minimum atomic E-state index is 0.279. The van der Waals surface area contributed by atoms with Crippen molar-refractivity contribution in [1.82, 2.24) is 19.9 Å². The van der Waals surface area contributed by atoms with Gasteiger partial charge >= 0.3 is 0 Å². The maximum atomic E-state index is 5.60. The zero-order valence-corrected chi connectivity index (χ0v) is 12.7. The van der Waals surface area contributed by atoms with Crippen LogP contribution in [0.1, 0.15) is 19.3 Å². The number of nitrogens with one attached hydrogen (secondary N) is 1. The van der Waals surface area contributed by atoms with Gasteiger partial charge in [0.2, 0.25) is 5.95 Å². The summed E-state index contributed by atoms with van der Waals surface area (Å²) in [4.78, 5) is 15.0. The van der Waals surface area contributed by atoms with Gasteiger partial charge in [-0.1, -0.05) is 6.42 Å². The van der Waals surface area contributed by atoms with Crippen molar-refractivity contribution in [2.24, 2.45) is 0 Å². The van der Waals surface area contributed by atoms with Crippen molar-refractivity contribution in [2.75, 3.05) is 37.2 Å². The Morgan fingerprint density at radius 1 is 1.09 bits per heavy atom. The monoisotopic (exact) mass is 298 g/mol. The standard InChI is InChI=1S/C16H22N6/c17-16-19-7-6-14(21-16)13-4-5-15(20-12-13)18-8-11-22-9-2-1-3-10-22/h4-7,12H,1-3,8-11H2,(H,18,20)(H2,17,19,21). The highest BCUT2D eigenvalue weighted by atomic mass is 15.1. The number of nitrogens with zero attached hydrogens (tertiary/aromatic N) is 4. The van der Waals surface area contributed by atoms with E-state index in [1.54, 1.807) is 6.20 Å². The van der Waals surface area contributed by atoms with Crippen molar-refractivity contribution in [3.8, 4) is 11.3 Å². The second-order valence-corrected chi connectivity index (χ2v) is 5.56. The van der Waals surface area contributed by atoms with Crippen LogP contribution in [0.5, 0.6) is 0 Å². The van der Waals surface area contributed by atoms with Crippen molar-refractivity contribution in [2.45, 2.75) is 19.3 Å². The zero-order chi connectivity index (χ0) is 15.2. The number of aromatic nitrogens is 3. The molecule has 3 rings (SSSR count). The van der Waals surface area contributed by atoms with Crippen LogP contribution >= 0.6 is 0 Å². The van der Waals surface area contributed by atoms with Crippen molar-refractivity contribution < 1.29 is 0 Å². The Hall–Kier alpha value is -2.21. The molecule has 3 N–H and O–H groups in total. The fourth-order valence-corrected chi connectivity index (χ4v) is 2.71. The third kappa shape index (κ3) is 3.92. The molecule has 1 saturated heterocycles. The second kappa shape index (κ2) is 7.17. The summed E-state index contributed by atoms with van der Waals surface area (Å²) in [5.41, 5.74) is 7.33. The number of rotatable bonds is 5. The number of anilines is 2. The molecule has 1 fully saturated rings. The zero-order valence-electron chi connectivity index (χ0n) is 12.7. The minimum absolute atomic E-state index is 0.279. The Bertz CT molecular complexity index is 592. The Labute approximate surface area is 130 Å². The van der Waals surface area contributed by atoms with Gasteiger partial charge in [-0.15, -0.1) is 0 Å². The molecule has 0 atom stereocenters. The normalized spacial score (nSPS) is 15.6. The highest BCUT2D eigenvalue weighted by Gasteiger charge is 2.09. The number of likely N-dealkylation sites (tertiary alicyclic amines) is 1. The molecule has 0 aliphatic carbocycles. The number of hydrogen-bond acceptors (Lipinski definition) is 6. The van der Waals surface area contributed by atoms with Gasteiger partial charge in [-0.3, -0.25) is 0 Å². The second-order valence-electron chi connectivity index (χ2n) is 5.56. The van der Waals surface area contributed by atoms with Crippen LogP contribution in [-0.4, -0.2) is 46.0 Å². The molecule has 1 aliphatic rings. The van der Waals surface area contributed by atoms with E-state index in [2.05, 4.69) is 25.2 Å². The van der Waals surface area contributed by atoms with Gasteiger partial charge in [-0.25, -0.2) is 15.0 Å². The summed E-state index contributed by atoms with van der Waals surface area (Å²) in [5, 5.41) is 3.37. The first kappa shape index (κ1) is 14.7. The maximum absolute atomic E-state index is 5.60.